The van der Waals surface area contributed by atoms with E-state index in [2.05, 4.69) is 5.32 Å². The highest BCUT2D eigenvalue weighted by Crippen LogP contribution is 2.46. The van der Waals surface area contributed by atoms with Gasteiger partial charge < -0.3 is 19.8 Å². The van der Waals surface area contributed by atoms with Crippen LogP contribution >= 0.6 is 11.3 Å². The molecule has 1 amide bonds. The molecule has 2 aromatic rings. The van der Waals surface area contributed by atoms with Gasteiger partial charge in [-0.05, 0) is 55.7 Å². The summed E-state index contributed by atoms with van der Waals surface area (Å²) >= 11 is 1.39. The number of hydrogen-bond acceptors (Lipinski definition) is 5. The first-order chi connectivity index (χ1) is 12.1. The van der Waals surface area contributed by atoms with Gasteiger partial charge in [-0.15, -0.1) is 11.3 Å². The van der Waals surface area contributed by atoms with Gasteiger partial charge in [-0.2, -0.15) is 0 Å². The molecule has 0 aliphatic heterocycles. The highest BCUT2D eigenvalue weighted by atomic mass is 32.1. The summed E-state index contributed by atoms with van der Waals surface area (Å²) in [5.41, 5.74) is 1.54. The number of hydrogen-bond donors (Lipinski definition) is 2. The van der Waals surface area contributed by atoms with E-state index >= 15 is 0 Å². The third-order valence-corrected chi connectivity index (χ3v) is 5.13. The van der Waals surface area contributed by atoms with E-state index in [0.717, 1.165) is 24.2 Å². The molecule has 1 aliphatic rings. The number of amides is 1. The number of carbonyl (C=O) groups is 2. The minimum atomic E-state index is -0.353. The fraction of sp³-hybridized carbons (Fsp3) is 0.444. The molecule has 0 aromatic carbocycles. The lowest BCUT2D eigenvalue weighted by molar-refractivity contribution is -0.684. The predicted octanol–water partition coefficient (Wildman–Crippen LogP) is 2.66. The lowest BCUT2D eigenvalue weighted by Crippen LogP contribution is -2.86. The Hall–Kier alpha value is -2.12. The van der Waals surface area contributed by atoms with E-state index in [-0.39, 0.29) is 24.5 Å². The summed E-state index contributed by atoms with van der Waals surface area (Å²) in [4.78, 5) is 24.6. The fourth-order valence-corrected chi connectivity index (χ4v) is 3.75. The van der Waals surface area contributed by atoms with Crippen molar-refractivity contribution in [2.75, 3.05) is 18.5 Å². The van der Waals surface area contributed by atoms with Crippen molar-refractivity contribution in [3.63, 3.8) is 0 Å². The van der Waals surface area contributed by atoms with Gasteiger partial charge in [0.15, 0.2) is 12.3 Å². The number of quaternary nitrogens is 1. The highest BCUT2D eigenvalue weighted by molar-refractivity contribution is 7.15. The molecule has 0 radical (unpaired) electrons. The number of ether oxygens (including phenoxy) is 1. The predicted molar refractivity (Wildman–Crippen MR) is 94.8 cm³/mol. The molecule has 0 unspecified atom stereocenters. The van der Waals surface area contributed by atoms with E-state index in [1.165, 1.54) is 11.3 Å². The molecule has 0 bridgehead atoms. The Bertz CT molecular complexity index is 734. The molecule has 2 heterocycles. The Kier molecular flexibility index (Phi) is 5.55. The van der Waals surface area contributed by atoms with Crippen LogP contribution in [0.2, 0.25) is 0 Å². The molecular weight excluding hydrogens is 340 g/mol. The zero-order valence-corrected chi connectivity index (χ0v) is 15.2. The van der Waals surface area contributed by atoms with Crippen LogP contribution in [0.25, 0.3) is 0 Å². The number of furan rings is 1. The monoisotopic (exact) mass is 363 g/mol. The lowest BCUT2D eigenvalue weighted by atomic mass is 10.1. The molecule has 2 aromatic heterocycles. The Morgan fingerprint density at radius 2 is 2.28 bits per heavy atom. The molecule has 134 valence electrons. The van der Waals surface area contributed by atoms with Crippen molar-refractivity contribution in [2.45, 2.75) is 38.6 Å². The minimum absolute atomic E-state index is 0.0515. The molecule has 0 spiro atoms. The Labute approximate surface area is 150 Å². The van der Waals surface area contributed by atoms with Crippen LogP contribution < -0.4 is 10.6 Å². The number of nitrogens with two attached hydrogens (primary N) is 1. The third-order valence-electron chi connectivity index (χ3n) is 4.22. The molecule has 1 fully saturated rings. The highest BCUT2D eigenvalue weighted by Gasteiger charge is 2.32. The summed E-state index contributed by atoms with van der Waals surface area (Å²) in [5, 5.41) is 7.32. The first-order valence-corrected chi connectivity index (χ1v) is 9.43. The Morgan fingerprint density at radius 1 is 1.48 bits per heavy atom. The maximum atomic E-state index is 12.3. The quantitative estimate of drug-likeness (QED) is 0.706. The molecule has 1 atom stereocenters. The van der Waals surface area contributed by atoms with Gasteiger partial charge in [0.1, 0.15) is 11.0 Å². The summed E-state index contributed by atoms with van der Waals surface area (Å²) < 4.78 is 10.5. The van der Waals surface area contributed by atoms with Crippen LogP contribution in [-0.4, -0.2) is 25.0 Å². The van der Waals surface area contributed by atoms with Gasteiger partial charge >= 0.3 is 5.97 Å². The zero-order chi connectivity index (χ0) is 17.8. The summed E-state index contributed by atoms with van der Waals surface area (Å²) in [6, 6.07) is 3.77. The molecule has 7 heteroatoms. The molecule has 1 aliphatic carbocycles. The van der Waals surface area contributed by atoms with Crippen molar-refractivity contribution in [1.29, 1.82) is 0 Å². The van der Waals surface area contributed by atoms with Crippen LogP contribution in [0.5, 0.6) is 0 Å². The molecular formula is C18H23N2O4S+. The first-order valence-electron chi connectivity index (χ1n) is 8.55. The number of carbonyl (C=O) groups excluding carboxylic acids is 2. The van der Waals surface area contributed by atoms with E-state index < -0.39 is 0 Å². The fourth-order valence-electron chi connectivity index (χ4n) is 2.70. The van der Waals surface area contributed by atoms with Gasteiger partial charge in [-0.1, -0.05) is 0 Å². The number of nitrogens with one attached hydrogen (secondary N) is 1. The van der Waals surface area contributed by atoms with Crippen molar-refractivity contribution in [3.05, 3.63) is 40.7 Å². The standard InChI is InChI=1S/C18H22N2O4S/c1-3-23-18(22)16-13(12-6-7-12)10-25-17(16)20-15(21)9-19-11(2)14-5-4-8-24-14/h4-5,8,10-12,19H,3,6-7,9H2,1-2H3,(H,20,21)/p+1/t11-/m1/s1. The first kappa shape index (κ1) is 17.7. The maximum absolute atomic E-state index is 12.3. The van der Waals surface area contributed by atoms with Crippen LogP contribution in [-0.2, 0) is 9.53 Å². The van der Waals surface area contributed by atoms with E-state index in [4.69, 9.17) is 9.15 Å². The largest absolute Gasteiger partial charge is 0.463 e. The molecule has 1 saturated carbocycles. The summed E-state index contributed by atoms with van der Waals surface area (Å²) in [5.74, 6) is 0.751. The lowest BCUT2D eigenvalue weighted by Gasteiger charge is -2.10. The molecule has 3 N–H and O–H groups in total. The summed E-state index contributed by atoms with van der Waals surface area (Å²) in [6.07, 6.45) is 3.80. The normalized spacial score (nSPS) is 15.0. The van der Waals surface area contributed by atoms with Crippen molar-refractivity contribution in [3.8, 4) is 0 Å². The molecule has 25 heavy (non-hydrogen) atoms. The van der Waals surface area contributed by atoms with E-state index in [1.54, 1.807) is 13.2 Å². The van der Waals surface area contributed by atoms with Crippen LogP contribution in [0, 0.1) is 0 Å². The maximum Gasteiger partial charge on any atom is 0.341 e. The van der Waals surface area contributed by atoms with Crippen LogP contribution in [0.3, 0.4) is 0 Å². The van der Waals surface area contributed by atoms with Crippen molar-refractivity contribution in [2.24, 2.45) is 0 Å². The zero-order valence-electron chi connectivity index (χ0n) is 14.4. The molecule has 0 saturated heterocycles. The number of esters is 1. The Balaban J connectivity index is 1.63. The summed E-state index contributed by atoms with van der Waals surface area (Å²) in [6.45, 7) is 4.33. The van der Waals surface area contributed by atoms with E-state index in [0.29, 0.717) is 23.1 Å². The van der Waals surface area contributed by atoms with Gasteiger partial charge in [0, 0.05) is 0 Å². The SMILES string of the molecule is CCOC(=O)c1c(C2CC2)csc1NC(=O)C[NH2+][C@H](C)c1ccco1. The van der Waals surface area contributed by atoms with Crippen molar-refractivity contribution in [1.82, 2.24) is 0 Å². The van der Waals surface area contributed by atoms with E-state index in [1.807, 2.05) is 29.8 Å². The molecule has 6 nitrogen and oxygen atoms in total. The van der Waals surface area contributed by atoms with Gasteiger partial charge in [-0.25, -0.2) is 4.79 Å². The number of rotatable bonds is 8. The third kappa shape index (κ3) is 4.29. The molecule has 3 rings (SSSR count). The second-order valence-corrected chi connectivity index (χ2v) is 7.06. The van der Waals surface area contributed by atoms with Crippen LogP contribution in [0.4, 0.5) is 5.00 Å². The topological polar surface area (TPSA) is 85.1 Å². The minimum Gasteiger partial charge on any atom is -0.463 e. The second-order valence-electron chi connectivity index (χ2n) is 6.18. The van der Waals surface area contributed by atoms with Gasteiger partial charge in [0.25, 0.3) is 5.91 Å². The smallest absolute Gasteiger partial charge is 0.341 e. The van der Waals surface area contributed by atoms with Gasteiger partial charge in [0.2, 0.25) is 0 Å². The number of thiophene rings is 1. The summed E-state index contributed by atoms with van der Waals surface area (Å²) in [7, 11) is 0. The van der Waals surface area contributed by atoms with Crippen molar-refractivity contribution >= 4 is 28.2 Å². The average Bonchev–Trinajstić information content (AvgIpc) is 3.12. The van der Waals surface area contributed by atoms with E-state index in [9.17, 15) is 9.59 Å². The number of anilines is 1. The van der Waals surface area contributed by atoms with Crippen LogP contribution in [0.1, 0.15) is 60.3 Å². The van der Waals surface area contributed by atoms with Crippen LogP contribution in [0.15, 0.2) is 28.2 Å². The average molecular weight is 363 g/mol. The van der Waals surface area contributed by atoms with Gasteiger partial charge in [-0.3, -0.25) is 4.79 Å². The Morgan fingerprint density at radius 3 is 2.92 bits per heavy atom. The second kappa shape index (κ2) is 7.84. The van der Waals surface area contributed by atoms with Gasteiger partial charge in [0.05, 0.1) is 18.4 Å². The van der Waals surface area contributed by atoms with Crippen molar-refractivity contribution < 1.29 is 24.1 Å².